The van der Waals surface area contributed by atoms with Gasteiger partial charge in [-0.2, -0.15) is 0 Å². The Morgan fingerprint density at radius 3 is 2.39 bits per heavy atom. The molecule has 1 atom stereocenters. The van der Waals surface area contributed by atoms with Crippen molar-refractivity contribution in [1.82, 2.24) is 14.8 Å². The predicted octanol–water partition coefficient (Wildman–Crippen LogP) is 5.90. The maximum absolute atomic E-state index is 13.9. The first-order valence-corrected chi connectivity index (χ1v) is 11.4. The van der Waals surface area contributed by atoms with Crippen molar-refractivity contribution in [2.24, 2.45) is 5.92 Å². The molecule has 0 aliphatic heterocycles. The number of halogens is 2. The van der Waals surface area contributed by atoms with Gasteiger partial charge < -0.3 is 4.57 Å². The number of aromatic nitrogens is 3. The maximum Gasteiger partial charge on any atom is 0.191 e. The van der Waals surface area contributed by atoms with Crippen LogP contribution in [0.25, 0.3) is 0 Å². The molecule has 0 saturated heterocycles. The maximum atomic E-state index is 13.9. The first-order valence-electron chi connectivity index (χ1n) is 10.4. The Morgan fingerprint density at radius 1 is 1.06 bits per heavy atom. The van der Waals surface area contributed by atoms with E-state index in [2.05, 4.69) is 55.2 Å². The molecule has 0 bridgehead atoms. The van der Waals surface area contributed by atoms with E-state index < -0.39 is 17.4 Å². The number of Topliss-reactive ketones (excluding diaryl/α,β-unsaturated/α-hetero) is 1. The Balaban J connectivity index is 1.73. The van der Waals surface area contributed by atoms with Gasteiger partial charge in [-0.1, -0.05) is 56.8 Å². The minimum atomic E-state index is -0.849. The fraction of sp³-hybridized carbons (Fsp3) is 0.375. The van der Waals surface area contributed by atoms with Crippen molar-refractivity contribution in [2.75, 3.05) is 5.75 Å². The van der Waals surface area contributed by atoms with Crippen LogP contribution in [0.15, 0.2) is 47.6 Å². The normalized spacial score (nSPS) is 12.4. The summed E-state index contributed by atoms with van der Waals surface area (Å²) in [4.78, 5) is 12.4. The van der Waals surface area contributed by atoms with E-state index in [1.807, 2.05) is 11.5 Å². The number of carbonyl (C=O) groups excluding carboxylic acids is 1. The standard InChI is InChI=1S/C24H27F2N3OS/c1-5-29-23(16(4)18-8-6-17(7-9-18)12-15(2)3)27-28-24(29)31-14-22(30)20-11-10-19(25)13-21(20)26/h6-11,13,15-16H,5,12,14H2,1-4H3. The Hall–Kier alpha value is -2.54. The molecule has 0 saturated carbocycles. The van der Waals surface area contributed by atoms with Crippen molar-refractivity contribution in [2.45, 2.75) is 51.7 Å². The first-order chi connectivity index (χ1) is 14.8. The van der Waals surface area contributed by atoms with Gasteiger partial charge >= 0.3 is 0 Å². The number of hydrogen-bond donors (Lipinski definition) is 0. The largest absolute Gasteiger partial charge is 0.306 e. The molecule has 1 unspecified atom stereocenters. The van der Waals surface area contributed by atoms with Crippen LogP contribution in [0.1, 0.15) is 60.9 Å². The van der Waals surface area contributed by atoms with Crippen LogP contribution < -0.4 is 0 Å². The Morgan fingerprint density at radius 2 is 1.77 bits per heavy atom. The third-order valence-corrected chi connectivity index (χ3v) is 6.10. The van der Waals surface area contributed by atoms with Gasteiger partial charge in [-0.15, -0.1) is 10.2 Å². The van der Waals surface area contributed by atoms with Crippen molar-refractivity contribution in [3.63, 3.8) is 0 Å². The van der Waals surface area contributed by atoms with Crippen molar-refractivity contribution in [3.05, 3.63) is 76.6 Å². The highest BCUT2D eigenvalue weighted by molar-refractivity contribution is 7.99. The van der Waals surface area contributed by atoms with E-state index in [4.69, 9.17) is 0 Å². The highest BCUT2D eigenvalue weighted by Gasteiger charge is 2.20. The van der Waals surface area contributed by atoms with E-state index >= 15 is 0 Å². The summed E-state index contributed by atoms with van der Waals surface area (Å²) >= 11 is 1.21. The number of carbonyl (C=O) groups is 1. The molecule has 0 fully saturated rings. The van der Waals surface area contributed by atoms with E-state index in [1.165, 1.54) is 23.4 Å². The average Bonchev–Trinajstić information content (AvgIpc) is 3.14. The molecular formula is C24H27F2N3OS. The smallest absolute Gasteiger partial charge is 0.191 e. The second kappa shape index (κ2) is 10.2. The molecule has 3 aromatic rings. The van der Waals surface area contributed by atoms with Gasteiger partial charge in [0.05, 0.1) is 11.3 Å². The third-order valence-electron chi connectivity index (χ3n) is 5.14. The monoisotopic (exact) mass is 443 g/mol. The van der Waals surface area contributed by atoms with Gasteiger partial charge in [0.15, 0.2) is 10.9 Å². The molecule has 4 nitrogen and oxygen atoms in total. The Bertz CT molecular complexity index is 1050. The Labute approximate surface area is 186 Å². The van der Waals surface area contributed by atoms with Gasteiger partial charge in [0, 0.05) is 18.5 Å². The predicted molar refractivity (Wildman–Crippen MR) is 120 cm³/mol. The minimum absolute atomic E-state index is 0.00103. The topological polar surface area (TPSA) is 47.8 Å². The number of hydrogen-bond acceptors (Lipinski definition) is 4. The summed E-state index contributed by atoms with van der Waals surface area (Å²) in [6.45, 7) is 9.14. The minimum Gasteiger partial charge on any atom is -0.306 e. The summed E-state index contributed by atoms with van der Waals surface area (Å²) in [6, 6.07) is 11.6. The van der Waals surface area contributed by atoms with Gasteiger partial charge in [0.1, 0.15) is 17.5 Å². The van der Waals surface area contributed by atoms with Crippen LogP contribution in [0.4, 0.5) is 8.78 Å². The van der Waals surface area contributed by atoms with Crippen LogP contribution in [0, 0.1) is 17.6 Å². The zero-order valence-corrected chi connectivity index (χ0v) is 19.0. The van der Waals surface area contributed by atoms with Crippen LogP contribution >= 0.6 is 11.8 Å². The van der Waals surface area contributed by atoms with Crippen LogP contribution in [-0.4, -0.2) is 26.3 Å². The molecule has 0 amide bonds. The Kier molecular flexibility index (Phi) is 7.59. The fourth-order valence-electron chi connectivity index (χ4n) is 3.51. The third kappa shape index (κ3) is 5.58. The summed E-state index contributed by atoms with van der Waals surface area (Å²) < 4.78 is 28.9. The van der Waals surface area contributed by atoms with E-state index in [-0.39, 0.29) is 17.2 Å². The van der Waals surface area contributed by atoms with E-state index in [0.717, 1.165) is 29.9 Å². The fourth-order valence-corrected chi connectivity index (χ4v) is 4.40. The molecule has 0 radical (unpaired) electrons. The summed E-state index contributed by atoms with van der Waals surface area (Å²) in [5, 5.41) is 9.24. The van der Waals surface area contributed by atoms with Gasteiger partial charge in [0.25, 0.3) is 0 Å². The van der Waals surface area contributed by atoms with Crippen molar-refractivity contribution >= 4 is 17.5 Å². The van der Waals surface area contributed by atoms with Gasteiger partial charge in [0.2, 0.25) is 0 Å². The number of nitrogens with zero attached hydrogens (tertiary/aromatic N) is 3. The second-order valence-electron chi connectivity index (χ2n) is 7.98. The molecular weight excluding hydrogens is 416 g/mol. The first kappa shape index (κ1) is 23.1. The molecule has 2 aromatic carbocycles. The number of ketones is 1. The van der Waals surface area contributed by atoms with Crippen molar-refractivity contribution in [1.29, 1.82) is 0 Å². The van der Waals surface area contributed by atoms with Crippen LogP contribution in [-0.2, 0) is 13.0 Å². The molecule has 7 heteroatoms. The summed E-state index contributed by atoms with van der Waals surface area (Å²) in [5.41, 5.74) is 2.34. The second-order valence-corrected chi connectivity index (χ2v) is 8.92. The molecule has 1 aromatic heterocycles. The summed E-state index contributed by atoms with van der Waals surface area (Å²) in [6.07, 6.45) is 1.04. The lowest BCUT2D eigenvalue weighted by Crippen LogP contribution is -2.10. The summed E-state index contributed by atoms with van der Waals surface area (Å²) in [5.74, 6) is -0.497. The molecule has 3 rings (SSSR count). The number of thioether (sulfide) groups is 1. The van der Waals surface area contributed by atoms with Crippen LogP contribution in [0.2, 0.25) is 0 Å². The quantitative estimate of drug-likeness (QED) is 0.305. The molecule has 31 heavy (non-hydrogen) atoms. The van der Waals surface area contributed by atoms with Gasteiger partial charge in [-0.25, -0.2) is 8.78 Å². The van der Waals surface area contributed by atoms with E-state index in [0.29, 0.717) is 17.6 Å². The molecule has 0 aliphatic carbocycles. The van der Waals surface area contributed by atoms with E-state index in [9.17, 15) is 13.6 Å². The van der Waals surface area contributed by atoms with E-state index in [1.54, 1.807) is 0 Å². The SMILES string of the molecule is CCn1c(SCC(=O)c2ccc(F)cc2F)nnc1C(C)c1ccc(CC(C)C)cc1. The van der Waals surface area contributed by atoms with Crippen LogP contribution in [0.5, 0.6) is 0 Å². The zero-order valence-electron chi connectivity index (χ0n) is 18.2. The highest BCUT2D eigenvalue weighted by Crippen LogP contribution is 2.27. The molecule has 1 heterocycles. The highest BCUT2D eigenvalue weighted by atomic mass is 32.2. The lowest BCUT2D eigenvalue weighted by molar-refractivity contribution is 0.101. The molecule has 0 spiro atoms. The molecule has 164 valence electrons. The van der Waals surface area contributed by atoms with Crippen molar-refractivity contribution in [3.8, 4) is 0 Å². The van der Waals surface area contributed by atoms with Gasteiger partial charge in [-0.3, -0.25) is 4.79 Å². The number of rotatable bonds is 9. The van der Waals surface area contributed by atoms with Gasteiger partial charge in [-0.05, 0) is 42.5 Å². The lowest BCUT2D eigenvalue weighted by atomic mass is 9.96. The van der Waals surface area contributed by atoms with Crippen molar-refractivity contribution < 1.29 is 13.6 Å². The lowest BCUT2D eigenvalue weighted by Gasteiger charge is -2.14. The zero-order chi connectivity index (χ0) is 22.5. The number of benzene rings is 2. The van der Waals surface area contributed by atoms with Crippen LogP contribution in [0.3, 0.4) is 0 Å². The molecule has 0 N–H and O–H groups in total. The molecule has 0 aliphatic rings. The average molecular weight is 444 g/mol. The summed E-state index contributed by atoms with van der Waals surface area (Å²) in [7, 11) is 0.